The Kier molecular flexibility index (Phi) is 5.52. The number of carbonyl (C=O) groups excluding carboxylic acids is 2. The lowest BCUT2D eigenvalue weighted by atomic mass is 9.98. The van der Waals surface area contributed by atoms with E-state index in [1.807, 2.05) is 24.3 Å². The van der Waals surface area contributed by atoms with Gasteiger partial charge in [0.2, 0.25) is 0 Å². The summed E-state index contributed by atoms with van der Waals surface area (Å²) >= 11 is 0. The van der Waals surface area contributed by atoms with Crippen LogP contribution in [0.15, 0.2) is 48.5 Å². The van der Waals surface area contributed by atoms with Crippen molar-refractivity contribution in [3.05, 3.63) is 59.7 Å². The van der Waals surface area contributed by atoms with Crippen molar-refractivity contribution in [1.29, 1.82) is 0 Å². The van der Waals surface area contributed by atoms with Crippen LogP contribution in [0.3, 0.4) is 0 Å². The second kappa shape index (κ2) is 7.58. The van der Waals surface area contributed by atoms with Crippen LogP contribution in [-0.2, 0) is 4.79 Å². The van der Waals surface area contributed by atoms with Gasteiger partial charge in [-0.15, -0.1) is 0 Å². The van der Waals surface area contributed by atoms with Gasteiger partial charge in [-0.25, -0.2) is 0 Å². The summed E-state index contributed by atoms with van der Waals surface area (Å²) in [6.45, 7) is 5.67. The predicted molar refractivity (Wildman–Crippen MR) is 90.9 cm³/mol. The fourth-order valence-electron chi connectivity index (χ4n) is 2.17. The second-order valence-electron chi connectivity index (χ2n) is 5.50. The Morgan fingerprint density at radius 2 is 1.65 bits per heavy atom. The van der Waals surface area contributed by atoms with E-state index in [1.54, 1.807) is 24.3 Å². The van der Waals surface area contributed by atoms with Gasteiger partial charge in [0.25, 0.3) is 5.91 Å². The standard InChI is InChI=1S/C19H21NO3/c1-4-13(2)15-5-9-17(10-6-15)20-19(22)16-7-11-18(12-8-16)23-14(3)21/h5-13H,4H2,1-3H3,(H,20,22)/t13-/m1/s1. The third kappa shape index (κ3) is 4.68. The highest BCUT2D eigenvalue weighted by Gasteiger charge is 2.08. The molecule has 4 heteroatoms. The maximum Gasteiger partial charge on any atom is 0.308 e. The van der Waals surface area contributed by atoms with Crippen LogP contribution in [0.5, 0.6) is 5.75 Å². The van der Waals surface area contributed by atoms with E-state index in [4.69, 9.17) is 4.74 Å². The molecule has 0 fully saturated rings. The maximum absolute atomic E-state index is 12.2. The first kappa shape index (κ1) is 16.7. The summed E-state index contributed by atoms with van der Waals surface area (Å²) in [5.41, 5.74) is 2.52. The van der Waals surface area contributed by atoms with Gasteiger partial charge in [-0.05, 0) is 54.3 Å². The Labute approximate surface area is 136 Å². The average molecular weight is 311 g/mol. The highest BCUT2D eigenvalue weighted by Crippen LogP contribution is 2.21. The minimum Gasteiger partial charge on any atom is -0.427 e. The van der Waals surface area contributed by atoms with Gasteiger partial charge in [0.1, 0.15) is 5.75 Å². The topological polar surface area (TPSA) is 55.4 Å². The number of amides is 1. The summed E-state index contributed by atoms with van der Waals surface area (Å²) in [6.07, 6.45) is 1.08. The third-order valence-electron chi connectivity index (χ3n) is 3.73. The average Bonchev–Trinajstić information content (AvgIpc) is 2.55. The molecule has 1 N–H and O–H groups in total. The fraction of sp³-hybridized carbons (Fsp3) is 0.263. The van der Waals surface area contributed by atoms with Gasteiger partial charge in [0, 0.05) is 18.2 Å². The summed E-state index contributed by atoms with van der Waals surface area (Å²) < 4.78 is 4.94. The van der Waals surface area contributed by atoms with Gasteiger partial charge in [0.05, 0.1) is 0 Å². The molecule has 0 aromatic heterocycles. The molecule has 0 aliphatic rings. The second-order valence-corrected chi connectivity index (χ2v) is 5.50. The highest BCUT2D eigenvalue weighted by atomic mass is 16.5. The van der Waals surface area contributed by atoms with E-state index in [0.29, 0.717) is 17.2 Å². The number of benzene rings is 2. The molecule has 2 aromatic rings. The molecule has 0 heterocycles. The molecule has 2 rings (SSSR count). The van der Waals surface area contributed by atoms with E-state index in [-0.39, 0.29) is 11.9 Å². The van der Waals surface area contributed by atoms with Gasteiger partial charge in [-0.3, -0.25) is 9.59 Å². The molecule has 0 spiro atoms. The van der Waals surface area contributed by atoms with E-state index in [1.165, 1.54) is 12.5 Å². The smallest absolute Gasteiger partial charge is 0.308 e. The predicted octanol–water partition coefficient (Wildman–Crippen LogP) is 4.38. The van der Waals surface area contributed by atoms with Crippen molar-refractivity contribution in [2.45, 2.75) is 33.1 Å². The van der Waals surface area contributed by atoms with E-state index in [0.717, 1.165) is 12.1 Å². The lowest BCUT2D eigenvalue weighted by molar-refractivity contribution is -0.131. The number of hydrogen-bond acceptors (Lipinski definition) is 3. The molecule has 2 aromatic carbocycles. The molecule has 1 atom stereocenters. The maximum atomic E-state index is 12.2. The molecule has 1 amide bonds. The van der Waals surface area contributed by atoms with Crippen LogP contribution in [0, 0.1) is 0 Å². The summed E-state index contributed by atoms with van der Waals surface area (Å²) in [4.78, 5) is 23.1. The van der Waals surface area contributed by atoms with Gasteiger partial charge in [-0.1, -0.05) is 26.0 Å². The quantitative estimate of drug-likeness (QED) is 0.658. The lowest BCUT2D eigenvalue weighted by Crippen LogP contribution is -2.12. The zero-order valence-electron chi connectivity index (χ0n) is 13.6. The van der Waals surface area contributed by atoms with E-state index >= 15 is 0 Å². The zero-order valence-corrected chi connectivity index (χ0v) is 13.6. The monoisotopic (exact) mass is 311 g/mol. The number of anilines is 1. The number of nitrogens with one attached hydrogen (secondary N) is 1. The molecular formula is C19H21NO3. The van der Waals surface area contributed by atoms with Crippen LogP contribution in [0.4, 0.5) is 5.69 Å². The largest absolute Gasteiger partial charge is 0.427 e. The van der Waals surface area contributed by atoms with Crippen molar-refractivity contribution in [3.8, 4) is 5.75 Å². The summed E-state index contributed by atoms with van der Waals surface area (Å²) in [5, 5.41) is 2.86. The van der Waals surface area contributed by atoms with Crippen LogP contribution >= 0.6 is 0 Å². The molecule has 0 unspecified atom stereocenters. The Bertz CT molecular complexity index is 675. The van der Waals surface area contributed by atoms with Crippen LogP contribution in [0.2, 0.25) is 0 Å². The summed E-state index contributed by atoms with van der Waals surface area (Å²) in [5.74, 6) is 0.347. The van der Waals surface area contributed by atoms with Crippen LogP contribution in [0.1, 0.15) is 49.0 Å². The van der Waals surface area contributed by atoms with Gasteiger partial charge in [-0.2, -0.15) is 0 Å². The zero-order chi connectivity index (χ0) is 16.8. The first-order valence-electron chi connectivity index (χ1n) is 7.69. The van der Waals surface area contributed by atoms with Crippen molar-refractivity contribution in [3.63, 3.8) is 0 Å². The minimum absolute atomic E-state index is 0.198. The van der Waals surface area contributed by atoms with Gasteiger partial charge in [0.15, 0.2) is 0 Å². The molecule has 120 valence electrons. The minimum atomic E-state index is -0.386. The first-order valence-corrected chi connectivity index (χ1v) is 7.69. The SMILES string of the molecule is CC[C@@H](C)c1ccc(NC(=O)c2ccc(OC(C)=O)cc2)cc1. The molecular weight excluding hydrogens is 290 g/mol. The first-order chi connectivity index (χ1) is 11.0. The summed E-state index contributed by atoms with van der Waals surface area (Å²) in [6, 6.07) is 14.3. The number of rotatable bonds is 5. The molecule has 0 bridgehead atoms. The van der Waals surface area contributed by atoms with E-state index in [2.05, 4.69) is 19.2 Å². The highest BCUT2D eigenvalue weighted by molar-refractivity contribution is 6.04. The van der Waals surface area contributed by atoms with E-state index in [9.17, 15) is 9.59 Å². The molecule has 4 nitrogen and oxygen atoms in total. The van der Waals surface area contributed by atoms with Gasteiger partial charge < -0.3 is 10.1 Å². The summed E-state index contributed by atoms with van der Waals surface area (Å²) in [7, 11) is 0. The van der Waals surface area contributed by atoms with Crippen molar-refractivity contribution in [2.24, 2.45) is 0 Å². The Morgan fingerprint density at radius 1 is 1.04 bits per heavy atom. The van der Waals surface area contributed by atoms with Crippen molar-refractivity contribution in [2.75, 3.05) is 5.32 Å². The van der Waals surface area contributed by atoms with Crippen molar-refractivity contribution in [1.82, 2.24) is 0 Å². The van der Waals surface area contributed by atoms with Crippen molar-refractivity contribution >= 4 is 17.6 Å². The van der Waals surface area contributed by atoms with Crippen LogP contribution < -0.4 is 10.1 Å². The number of ether oxygens (including phenoxy) is 1. The number of esters is 1. The van der Waals surface area contributed by atoms with Crippen LogP contribution in [-0.4, -0.2) is 11.9 Å². The van der Waals surface area contributed by atoms with Crippen LogP contribution in [0.25, 0.3) is 0 Å². The number of hydrogen-bond donors (Lipinski definition) is 1. The normalized spacial score (nSPS) is 11.6. The van der Waals surface area contributed by atoms with Gasteiger partial charge >= 0.3 is 5.97 Å². The number of carbonyl (C=O) groups is 2. The Morgan fingerprint density at radius 3 is 2.17 bits per heavy atom. The molecule has 0 saturated carbocycles. The third-order valence-corrected chi connectivity index (χ3v) is 3.73. The fourth-order valence-corrected chi connectivity index (χ4v) is 2.17. The molecule has 0 saturated heterocycles. The molecule has 0 aliphatic carbocycles. The molecule has 0 aliphatic heterocycles. The van der Waals surface area contributed by atoms with Crippen molar-refractivity contribution < 1.29 is 14.3 Å². The molecule has 23 heavy (non-hydrogen) atoms. The Balaban J connectivity index is 2.02. The molecule has 0 radical (unpaired) electrons. The lowest BCUT2D eigenvalue weighted by Gasteiger charge is -2.10. The Hall–Kier alpha value is -2.62. The van der Waals surface area contributed by atoms with E-state index < -0.39 is 0 Å².